The molecule has 0 atom stereocenters. The van der Waals surface area contributed by atoms with Crippen molar-refractivity contribution >= 4 is 5.97 Å². The van der Waals surface area contributed by atoms with E-state index in [0.717, 1.165) is 5.56 Å². The van der Waals surface area contributed by atoms with Gasteiger partial charge in [0, 0.05) is 18.5 Å². The van der Waals surface area contributed by atoms with E-state index in [9.17, 15) is 9.59 Å². The first-order chi connectivity index (χ1) is 9.63. The summed E-state index contributed by atoms with van der Waals surface area (Å²) in [6.07, 6.45) is 3.04. The number of aliphatic hydroxyl groups is 1. The number of hydrogen-bond donors (Lipinski definition) is 1. The standard InChI is InChI=1S/C14H14N2O4/c1-20-14(19)11-3-5-13(18)16(8-11)7-10-2-4-12(9-17)15-6-10/h2-6,8,17H,7,9H2,1H3. The number of carbonyl (C=O) groups excluding carboxylic acids is 1. The number of carbonyl (C=O) groups is 1. The average Bonchev–Trinajstić information content (AvgIpc) is 2.49. The van der Waals surface area contributed by atoms with Crippen LogP contribution in [0, 0.1) is 0 Å². The predicted octanol–water partition coefficient (Wildman–Crippen LogP) is 0.570. The maximum absolute atomic E-state index is 11.8. The van der Waals surface area contributed by atoms with Gasteiger partial charge in [-0.05, 0) is 17.7 Å². The van der Waals surface area contributed by atoms with Crippen LogP contribution in [-0.2, 0) is 17.9 Å². The highest BCUT2D eigenvalue weighted by Gasteiger charge is 2.07. The van der Waals surface area contributed by atoms with Gasteiger partial charge in [0.05, 0.1) is 31.5 Å². The van der Waals surface area contributed by atoms with Gasteiger partial charge in [0.2, 0.25) is 0 Å². The fourth-order valence-corrected chi connectivity index (χ4v) is 1.73. The third-order valence-corrected chi connectivity index (χ3v) is 2.81. The van der Waals surface area contributed by atoms with Crippen LogP contribution in [0.4, 0.5) is 0 Å². The molecule has 0 bridgehead atoms. The van der Waals surface area contributed by atoms with E-state index >= 15 is 0 Å². The van der Waals surface area contributed by atoms with Gasteiger partial charge in [0.15, 0.2) is 0 Å². The molecule has 0 unspecified atom stereocenters. The van der Waals surface area contributed by atoms with Gasteiger partial charge >= 0.3 is 5.97 Å². The lowest BCUT2D eigenvalue weighted by Crippen LogP contribution is -2.21. The highest BCUT2D eigenvalue weighted by atomic mass is 16.5. The highest BCUT2D eigenvalue weighted by Crippen LogP contribution is 2.04. The third-order valence-electron chi connectivity index (χ3n) is 2.81. The van der Waals surface area contributed by atoms with Crippen LogP contribution in [0.2, 0.25) is 0 Å². The number of esters is 1. The van der Waals surface area contributed by atoms with E-state index < -0.39 is 5.97 Å². The number of aromatic nitrogens is 2. The molecule has 2 rings (SSSR count). The van der Waals surface area contributed by atoms with E-state index in [-0.39, 0.29) is 12.2 Å². The molecule has 0 aliphatic carbocycles. The molecule has 20 heavy (non-hydrogen) atoms. The van der Waals surface area contributed by atoms with Gasteiger partial charge in [-0.25, -0.2) is 4.79 Å². The Labute approximate surface area is 115 Å². The summed E-state index contributed by atoms with van der Waals surface area (Å²) < 4.78 is 6.02. The second kappa shape index (κ2) is 6.12. The fraction of sp³-hybridized carbons (Fsp3) is 0.214. The molecule has 0 fully saturated rings. The molecule has 0 spiro atoms. The lowest BCUT2D eigenvalue weighted by molar-refractivity contribution is 0.0599. The number of hydrogen-bond acceptors (Lipinski definition) is 5. The van der Waals surface area contributed by atoms with Crippen molar-refractivity contribution in [2.24, 2.45) is 0 Å². The Bertz CT molecular complexity index is 662. The monoisotopic (exact) mass is 274 g/mol. The molecule has 0 radical (unpaired) electrons. The maximum Gasteiger partial charge on any atom is 0.339 e. The minimum absolute atomic E-state index is 0.127. The Morgan fingerprint density at radius 1 is 1.35 bits per heavy atom. The highest BCUT2D eigenvalue weighted by molar-refractivity contribution is 5.88. The van der Waals surface area contributed by atoms with Crippen LogP contribution in [0.1, 0.15) is 21.6 Å². The molecule has 104 valence electrons. The Kier molecular flexibility index (Phi) is 4.27. The zero-order chi connectivity index (χ0) is 14.5. The average molecular weight is 274 g/mol. The van der Waals surface area contributed by atoms with Crippen molar-refractivity contribution in [2.75, 3.05) is 7.11 Å². The molecule has 2 aromatic heterocycles. The van der Waals surface area contributed by atoms with Crippen molar-refractivity contribution in [1.29, 1.82) is 0 Å². The zero-order valence-electron chi connectivity index (χ0n) is 10.9. The first-order valence-corrected chi connectivity index (χ1v) is 5.97. The van der Waals surface area contributed by atoms with E-state index in [0.29, 0.717) is 17.8 Å². The van der Waals surface area contributed by atoms with Crippen LogP contribution in [-0.4, -0.2) is 27.7 Å². The van der Waals surface area contributed by atoms with E-state index in [1.54, 1.807) is 18.3 Å². The summed E-state index contributed by atoms with van der Waals surface area (Å²) in [6.45, 7) is 0.167. The molecule has 2 aromatic rings. The smallest absolute Gasteiger partial charge is 0.339 e. The molecule has 0 saturated carbocycles. The summed E-state index contributed by atoms with van der Waals surface area (Å²) in [4.78, 5) is 27.2. The molecule has 2 heterocycles. The Balaban J connectivity index is 2.27. The molecular formula is C14H14N2O4. The summed E-state index contributed by atoms with van der Waals surface area (Å²) in [5, 5.41) is 8.92. The minimum Gasteiger partial charge on any atom is -0.465 e. The summed E-state index contributed by atoms with van der Waals surface area (Å²) in [5.41, 5.74) is 1.45. The number of methoxy groups -OCH3 is 1. The van der Waals surface area contributed by atoms with Gasteiger partial charge in [-0.2, -0.15) is 0 Å². The molecule has 6 nitrogen and oxygen atoms in total. The van der Waals surface area contributed by atoms with Gasteiger partial charge in [0.1, 0.15) is 0 Å². The molecule has 0 amide bonds. The first kappa shape index (κ1) is 14.0. The van der Waals surface area contributed by atoms with Crippen LogP contribution in [0.15, 0.2) is 41.5 Å². The number of rotatable bonds is 4. The number of pyridine rings is 2. The van der Waals surface area contributed by atoms with Crippen molar-refractivity contribution in [3.8, 4) is 0 Å². The number of aliphatic hydroxyl groups excluding tert-OH is 1. The largest absolute Gasteiger partial charge is 0.465 e. The molecule has 0 aliphatic rings. The topological polar surface area (TPSA) is 81.4 Å². The lowest BCUT2D eigenvalue weighted by Gasteiger charge is -2.07. The lowest BCUT2D eigenvalue weighted by atomic mass is 10.2. The van der Waals surface area contributed by atoms with Crippen molar-refractivity contribution in [1.82, 2.24) is 9.55 Å². The summed E-state index contributed by atoms with van der Waals surface area (Å²) >= 11 is 0. The van der Waals surface area contributed by atoms with Crippen LogP contribution < -0.4 is 5.56 Å². The van der Waals surface area contributed by atoms with Crippen LogP contribution >= 0.6 is 0 Å². The van der Waals surface area contributed by atoms with Gasteiger partial charge in [-0.1, -0.05) is 6.07 Å². The zero-order valence-corrected chi connectivity index (χ0v) is 10.9. The van der Waals surface area contributed by atoms with Crippen LogP contribution in [0.5, 0.6) is 0 Å². The molecular weight excluding hydrogens is 260 g/mol. The van der Waals surface area contributed by atoms with E-state index in [4.69, 9.17) is 5.11 Å². The van der Waals surface area contributed by atoms with Gasteiger partial charge in [0.25, 0.3) is 5.56 Å². The molecule has 0 aliphatic heterocycles. The quantitative estimate of drug-likeness (QED) is 0.824. The second-order valence-corrected chi connectivity index (χ2v) is 4.19. The Morgan fingerprint density at radius 2 is 2.15 bits per heavy atom. The van der Waals surface area contributed by atoms with E-state index in [1.165, 1.54) is 30.0 Å². The number of nitrogens with zero attached hydrogens (tertiary/aromatic N) is 2. The first-order valence-electron chi connectivity index (χ1n) is 5.97. The Hall–Kier alpha value is -2.47. The van der Waals surface area contributed by atoms with Gasteiger partial charge in [-0.3, -0.25) is 9.78 Å². The second-order valence-electron chi connectivity index (χ2n) is 4.19. The van der Waals surface area contributed by atoms with E-state index in [2.05, 4.69) is 9.72 Å². The predicted molar refractivity (Wildman–Crippen MR) is 71.3 cm³/mol. The van der Waals surface area contributed by atoms with Crippen molar-refractivity contribution in [2.45, 2.75) is 13.2 Å². The maximum atomic E-state index is 11.8. The molecule has 0 saturated heterocycles. The van der Waals surface area contributed by atoms with Crippen LogP contribution in [0.25, 0.3) is 0 Å². The normalized spacial score (nSPS) is 10.3. The summed E-state index contributed by atoms with van der Waals surface area (Å²) in [7, 11) is 1.29. The molecule has 6 heteroatoms. The molecule has 1 N–H and O–H groups in total. The molecule has 0 aromatic carbocycles. The minimum atomic E-state index is -0.493. The third kappa shape index (κ3) is 3.10. The van der Waals surface area contributed by atoms with Crippen molar-refractivity contribution < 1.29 is 14.6 Å². The van der Waals surface area contributed by atoms with Gasteiger partial charge in [-0.15, -0.1) is 0 Å². The van der Waals surface area contributed by atoms with Crippen molar-refractivity contribution in [3.05, 3.63) is 63.8 Å². The van der Waals surface area contributed by atoms with Crippen molar-refractivity contribution in [3.63, 3.8) is 0 Å². The Morgan fingerprint density at radius 3 is 2.75 bits per heavy atom. The van der Waals surface area contributed by atoms with E-state index in [1.807, 2.05) is 0 Å². The summed E-state index contributed by atoms with van der Waals surface area (Å²) in [6, 6.07) is 6.21. The summed E-state index contributed by atoms with van der Waals surface area (Å²) in [5.74, 6) is -0.493. The van der Waals surface area contributed by atoms with Gasteiger partial charge < -0.3 is 14.4 Å². The number of ether oxygens (including phenoxy) is 1. The SMILES string of the molecule is COC(=O)c1ccc(=O)n(Cc2ccc(CO)nc2)c1. The fourth-order valence-electron chi connectivity index (χ4n) is 1.73. The van der Waals surface area contributed by atoms with Crippen LogP contribution in [0.3, 0.4) is 0 Å².